The molecule has 0 saturated heterocycles. The summed E-state index contributed by atoms with van der Waals surface area (Å²) in [7, 11) is 0. The molecule has 2 aliphatic rings. The summed E-state index contributed by atoms with van der Waals surface area (Å²) in [4.78, 5) is 17.8. The predicted octanol–water partition coefficient (Wildman–Crippen LogP) is 9.29. The summed E-state index contributed by atoms with van der Waals surface area (Å²) in [6.45, 7) is 0. The van der Waals surface area contributed by atoms with Gasteiger partial charge in [-0.15, -0.1) is 0 Å². The summed E-state index contributed by atoms with van der Waals surface area (Å²) >= 11 is 0. The molecule has 0 radical (unpaired) electrons. The zero-order valence-corrected chi connectivity index (χ0v) is 23.3. The number of nitrogens with zero attached hydrogens (tertiary/aromatic N) is 2. The molecular formula is C36H22N4Pd+2. The standard InChI is InChI=1S/C36H22N4.Pd/c1-2-10-22-21(9-1)29-17-31-23-11-3-4-12-24(23)33(38-31)19-35-27-15-7-8-16-28(27)36(40-35)20-34-26-14-6-5-13-25(26)32(39-34)18-30(22)37-29;/h1-20,37,40H;/q;+2. The first-order chi connectivity index (χ1) is 19.8. The Bertz CT molecular complexity index is 2020. The fraction of sp³-hybridized carbons (Fsp3) is 0. The Balaban J connectivity index is 0.00000256. The van der Waals surface area contributed by atoms with E-state index in [-0.39, 0.29) is 20.4 Å². The van der Waals surface area contributed by atoms with Gasteiger partial charge in [0.15, 0.2) is 0 Å². The number of hydrogen-bond donors (Lipinski definition) is 2. The third kappa shape index (κ3) is 3.64. The first-order valence-electron chi connectivity index (χ1n) is 13.5. The maximum Gasteiger partial charge on any atom is 2.00 e. The summed E-state index contributed by atoms with van der Waals surface area (Å²) in [5.41, 5.74) is 12.5. The summed E-state index contributed by atoms with van der Waals surface area (Å²) in [5.74, 6) is 0. The zero-order valence-electron chi connectivity index (χ0n) is 21.8. The quantitative estimate of drug-likeness (QED) is 0.167. The van der Waals surface area contributed by atoms with E-state index in [1.807, 2.05) is 0 Å². The molecule has 7 aromatic rings. The van der Waals surface area contributed by atoms with Crippen molar-refractivity contribution < 1.29 is 20.4 Å². The fourth-order valence-electron chi connectivity index (χ4n) is 6.27. The van der Waals surface area contributed by atoms with Crippen molar-refractivity contribution in [2.24, 2.45) is 0 Å². The van der Waals surface area contributed by atoms with Crippen LogP contribution in [0.2, 0.25) is 0 Å². The van der Waals surface area contributed by atoms with Gasteiger partial charge < -0.3 is 9.97 Å². The maximum atomic E-state index is 5.17. The van der Waals surface area contributed by atoms with E-state index >= 15 is 0 Å². The van der Waals surface area contributed by atoms with Crippen LogP contribution < -0.4 is 0 Å². The third-order valence-corrected chi connectivity index (χ3v) is 8.12. The molecule has 41 heavy (non-hydrogen) atoms. The van der Waals surface area contributed by atoms with E-state index in [1.165, 1.54) is 0 Å². The minimum absolute atomic E-state index is 0. The van der Waals surface area contributed by atoms with Gasteiger partial charge in [-0.05, 0) is 24.3 Å². The Hall–Kier alpha value is -4.82. The Labute approximate surface area is 249 Å². The van der Waals surface area contributed by atoms with E-state index in [2.05, 4.69) is 131 Å². The zero-order chi connectivity index (χ0) is 26.2. The molecule has 9 rings (SSSR count). The summed E-state index contributed by atoms with van der Waals surface area (Å²) < 4.78 is 0. The third-order valence-electron chi connectivity index (χ3n) is 8.12. The molecule has 2 N–H and O–H groups in total. The number of benzene rings is 4. The summed E-state index contributed by atoms with van der Waals surface area (Å²) in [6.07, 6.45) is 0. The molecule has 2 aliphatic heterocycles. The molecule has 0 saturated carbocycles. The van der Waals surface area contributed by atoms with E-state index in [4.69, 9.17) is 9.97 Å². The molecule has 194 valence electrons. The predicted molar refractivity (Wildman–Crippen MR) is 165 cm³/mol. The smallest absolute Gasteiger partial charge is 0.354 e. The molecule has 0 fully saturated rings. The molecule has 4 aromatic carbocycles. The van der Waals surface area contributed by atoms with Crippen LogP contribution in [0.5, 0.6) is 0 Å². The first-order valence-corrected chi connectivity index (χ1v) is 13.5. The first kappa shape index (κ1) is 24.0. The van der Waals surface area contributed by atoms with Gasteiger partial charge in [-0.1, -0.05) is 97.1 Å². The molecule has 0 unspecified atom stereocenters. The molecule has 0 atom stereocenters. The van der Waals surface area contributed by atoms with Gasteiger partial charge in [0.1, 0.15) is 0 Å². The van der Waals surface area contributed by atoms with E-state index < -0.39 is 0 Å². The maximum absolute atomic E-state index is 5.17. The van der Waals surface area contributed by atoms with Crippen molar-refractivity contribution in [3.05, 3.63) is 121 Å². The van der Waals surface area contributed by atoms with Crippen LogP contribution in [-0.4, -0.2) is 19.9 Å². The van der Waals surface area contributed by atoms with Crippen LogP contribution >= 0.6 is 0 Å². The minimum atomic E-state index is 0. The van der Waals surface area contributed by atoms with E-state index in [0.29, 0.717) is 0 Å². The Morgan fingerprint density at radius 1 is 0.341 bits per heavy atom. The van der Waals surface area contributed by atoms with E-state index in [9.17, 15) is 0 Å². The van der Waals surface area contributed by atoms with Crippen molar-refractivity contribution in [3.63, 3.8) is 0 Å². The summed E-state index contributed by atoms with van der Waals surface area (Å²) in [6, 6.07) is 42.7. The molecular weight excluding hydrogens is 595 g/mol. The van der Waals surface area contributed by atoms with Crippen molar-refractivity contribution in [2.45, 2.75) is 0 Å². The monoisotopic (exact) mass is 616 g/mol. The topological polar surface area (TPSA) is 57.4 Å². The van der Waals surface area contributed by atoms with Crippen molar-refractivity contribution in [1.82, 2.24) is 19.9 Å². The van der Waals surface area contributed by atoms with Gasteiger partial charge in [-0.25, -0.2) is 9.97 Å². The second-order valence-corrected chi connectivity index (χ2v) is 10.4. The molecule has 3 aromatic heterocycles. The van der Waals surface area contributed by atoms with Gasteiger partial charge in [0.25, 0.3) is 0 Å². The molecule has 5 heterocycles. The van der Waals surface area contributed by atoms with E-state index in [0.717, 1.165) is 88.6 Å². The average molecular weight is 617 g/mol. The fourth-order valence-corrected chi connectivity index (χ4v) is 6.27. The SMILES string of the molecule is [Pd+2].c1ccc2c(c1)-c1cc3[nH]c(cc4nc(cc5[nH]c(cc-2n1)c1ccccc51)-c1ccccc1-4)c1ccccc31. The molecule has 0 amide bonds. The van der Waals surface area contributed by atoms with Crippen LogP contribution in [0.1, 0.15) is 0 Å². The number of aromatic nitrogens is 4. The van der Waals surface area contributed by atoms with Gasteiger partial charge in [0.05, 0.1) is 22.8 Å². The summed E-state index contributed by atoms with van der Waals surface area (Å²) in [5, 5.41) is 4.66. The van der Waals surface area contributed by atoms with Crippen LogP contribution in [0, 0.1) is 0 Å². The molecule has 0 spiro atoms. The van der Waals surface area contributed by atoms with Crippen LogP contribution in [0.4, 0.5) is 0 Å². The number of fused-ring (bicyclic) bond motifs is 20. The Morgan fingerprint density at radius 3 is 0.854 bits per heavy atom. The van der Waals surface area contributed by atoms with Gasteiger partial charge in [0, 0.05) is 65.9 Å². The van der Waals surface area contributed by atoms with Gasteiger partial charge >= 0.3 is 20.4 Å². The minimum Gasteiger partial charge on any atom is -0.354 e. The van der Waals surface area contributed by atoms with Crippen LogP contribution in [0.3, 0.4) is 0 Å². The number of aromatic amines is 2. The normalized spacial score (nSPS) is 11.7. The van der Waals surface area contributed by atoms with Crippen molar-refractivity contribution >= 4 is 43.6 Å². The number of H-pyrrole nitrogens is 2. The van der Waals surface area contributed by atoms with Crippen molar-refractivity contribution in [2.75, 3.05) is 0 Å². The van der Waals surface area contributed by atoms with Gasteiger partial charge in [-0.2, -0.15) is 0 Å². The van der Waals surface area contributed by atoms with Crippen LogP contribution in [-0.2, 0) is 20.4 Å². The number of rotatable bonds is 0. The Morgan fingerprint density at radius 2 is 0.585 bits per heavy atom. The van der Waals surface area contributed by atoms with Crippen molar-refractivity contribution in [1.29, 1.82) is 0 Å². The van der Waals surface area contributed by atoms with Crippen LogP contribution in [0.15, 0.2) is 121 Å². The second-order valence-electron chi connectivity index (χ2n) is 10.4. The molecule has 4 nitrogen and oxygen atoms in total. The number of nitrogens with one attached hydrogen (secondary N) is 2. The van der Waals surface area contributed by atoms with E-state index in [1.54, 1.807) is 0 Å². The van der Waals surface area contributed by atoms with Gasteiger partial charge in [-0.3, -0.25) is 0 Å². The van der Waals surface area contributed by atoms with Crippen molar-refractivity contribution in [3.8, 4) is 45.0 Å². The molecule has 5 heteroatoms. The molecule has 8 bridgehead atoms. The number of hydrogen-bond acceptors (Lipinski definition) is 2. The average Bonchev–Trinajstić information content (AvgIpc) is 3.73. The molecule has 0 aliphatic carbocycles. The largest absolute Gasteiger partial charge is 2.00 e. The Kier molecular flexibility index (Phi) is 5.34. The van der Waals surface area contributed by atoms with Crippen LogP contribution in [0.25, 0.3) is 88.6 Å². The van der Waals surface area contributed by atoms with Gasteiger partial charge in [0.2, 0.25) is 0 Å². The second kappa shape index (κ2) is 9.11.